The zero-order chi connectivity index (χ0) is 17.8. The molecule has 2 amide bonds. The Labute approximate surface area is 143 Å². The third-order valence-electron chi connectivity index (χ3n) is 3.65. The molecule has 1 aliphatic rings. The van der Waals surface area contributed by atoms with Crippen molar-refractivity contribution in [2.75, 3.05) is 23.4 Å². The Kier molecular flexibility index (Phi) is 4.44. The molecule has 7 heteroatoms. The number of hydrogen-bond donors (Lipinski definition) is 1. The summed E-state index contributed by atoms with van der Waals surface area (Å²) in [5.74, 6) is -1.48. The molecule has 0 atom stereocenters. The van der Waals surface area contributed by atoms with Gasteiger partial charge in [-0.1, -0.05) is 12.1 Å². The lowest BCUT2D eigenvalue weighted by Crippen LogP contribution is -2.44. The summed E-state index contributed by atoms with van der Waals surface area (Å²) >= 11 is 0. The van der Waals surface area contributed by atoms with Gasteiger partial charge in [-0.05, 0) is 36.4 Å². The smallest absolute Gasteiger partial charge is 0.338 e. The molecule has 0 spiro atoms. The van der Waals surface area contributed by atoms with Crippen LogP contribution < -0.4 is 10.2 Å². The highest BCUT2D eigenvalue weighted by Gasteiger charge is 2.27. The van der Waals surface area contributed by atoms with Crippen LogP contribution in [0.1, 0.15) is 15.9 Å². The molecule has 0 radical (unpaired) electrons. The van der Waals surface area contributed by atoms with E-state index in [0.717, 1.165) is 0 Å². The van der Waals surface area contributed by atoms with Gasteiger partial charge in [0.2, 0.25) is 5.91 Å². The second-order valence-corrected chi connectivity index (χ2v) is 5.31. The van der Waals surface area contributed by atoms with Gasteiger partial charge < -0.3 is 10.1 Å². The number of esters is 1. The highest BCUT2D eigenvalue weighted by atomic mass is 16.5. The first-order valence-electron chi connectivity index (χ1n) is 7.45. The van der Waals surface area contributed by atoms with E-state index < -0.39 is 18.5 Å². The van der Waals surface area contributed by atoms with Crippen LogP contribution in [-0.4, -0.2) is 30.9 Å². The molecule has 2 aromatic carbocycles. The summed E-state index contributed by atoms with van der Waals surface area (Å²) in [5.41, 5.74) is 1.75. The summed E-state index contributed by atoms with van der Waals surface area (Å²) in [6.45, 7) is -0.620. The Morgan fingerprint density at radius 3 is 2.60 bits per heavy atom. The number of nitrogens with one attached hydrogen (secondary N) is 1. The zero-order valence-corrected chi connectivity index (χ0v) is 13.1. The first-order valence-corrected chi connectivity index (χ1v) is 7.45. The van der Waals surface area contributed by atoms with Crippen molar-refractivity contribution in [2.24, 2.45) is 0 Å². The predicted octanol–water partition coefficient (Wildman–Crippen LogP) is 1.70. The average molecular weight is 335 g/mol. The van der Waals surface area contributed by atoms with Gasteiger partial charge in [-0.2, -0.15) is 5.26 Å². The number of anilines is 2. The Bertz CT molecular complexity index is 884. The number of para-hydroxylation sites is 2. The molecule has 0 saturated heterocycles. The van der Waals surface area contributed by atoms with E-state index >= 15 is 0 Å². The Morgan fingerprint density at radius 2 is 1.88 bits per heavy atom. The maximum atomic E-state index is 12.4. The van der Waals surface area contributed by atoms with E-state index in [0.29, 0.717) is 16.9 Å². The lowest BCUT2D eigenvalue weighted by Gasteiger charge is -2.28. The molecule has 1 N–H and O–H groups in total. The Balaban J connectivity index is 1.67. The number of carbonyl (C=O) groups excluding carboxylic acids is 3. The molecule has 7 nitrogen and oxygen atoms in total. The van der Waals surface area contributed by atoms with Crippen LogP contribution in [0.4, 0.5) is 11.4 Å². The second-order valence-electron chi connectivity index (χ2n) is 5.31. The molecule has 0 aromatic heterocycles. The van der Waals surface area contributed by atoms with Gasteiger partial charge in [-0.25, -0.2) is 4.79 Å². The highest BCUT2D eigenvalue weighted by molar-refractivity contribution is 6.10. The van der Waals surface area contributed by atoms with Crippen LogP contribution in [0.15, 0.2) is 48.5 Å². The largest absolute Gasteiger partial charge is 0.452 e. The maximum absolute atomic E-state index is 12.4. The minimum Gasteiger partial charge on any atom is -0.452 e. The van der Waals surface area contributed by atoms with Gasteiger partial charge in [-0.15, -0.1) is 0 Å². The van der Waals surface area contributed by atoms with Crippen molar-refractivity contribution in [3.8, 4) is 6.07 Å². The molecule has 1 aliphatic heterocycles. The zero-order valence-electron chi connectivity index (χ0n) is 13.1. The molecule has 1 heterocycles. The summed E-state index contributed by atoms with van der Waals surface area (Å²) in [7, 11) is 0. The van der Waals surface area contributed by atoms with Gasteiger partial charge in [0.1, 0.15) is 6.54 Å². The number of fused-ring (bicyclic) bond motifs is 1. The van der Waals surface area contributed by atoms with Crippen LogP contribution in [0.5, 0.6) is 0 Å². The molecule has 0 saturated carbocycles. The predicted molar refractivity (Wildman–Crippen MR) is 88.9 cm³/mol. The molecule has 0 bridgehead atoms. The molecular formula is C18H13N3O4. The molecule has 124 valence electrons. The van der Waals surface area contributed by atoms with Gasteiger partial charge in [0, 0.05) is 0 Å². The first kappa shape index (κ1) is 16.2. The quantitative estimate of drug-likeness (QED) is 0.861. The van der Waals surface area contributed by atoms with Crippen molar-refractivity contribution < 1.29 is 19.1 Å². The van der Waals surface area contributed by atoms with Crippen molar-refractivity contribution >= 4 is 29.2 Å². The average Bonchev–Trinajstić information content (AvgIpc) is 2.65. The summed E-state index contributed by atoms with van der Waals surface area (Å²) in [4.78, 5) is 37.4. The van der Waals surface area contributed by atoms with Crippen LogP contribution in [-0.2, 0) is 14.3 Å². The lowest BCUT2D eigenvalue weighted by atomic mass is 10.1. The van der Waals surface area contributed by atoms with Gasteiger partial charge in [-0.3, -0.25) is 14.5 Å². The number of hydrogen-bond acceptors (Lipinski definition) is 5. The minimum absolute atomic E-state index is 0.135. The van der Waals surface area contributed by atoms with Crippen LogP contribution in [0.25, 0.3) is 0 Å². The monoisotopic (exact) mass is 335 g/mol. The number of nitrogens with zero attached hydrogens (tertiary/aromatic N) is 2. The number of benzene rings is 2. The number of nitriles is 1. The van der Waals surface area contributed by atoms with Crippen LogP contribution >= 0.6 is 0 Å². The van der Waals surface area contributed by atoms with Crippen LogP contribution in [0.2, 0.25) is 0 Å². The number of amides is 2. The SMILES string of the molecule is N#Cc1ccc(C(=O)OCC(=O)N2CC(=O)Nc3ccccc32)cc1. The number of ether oxygens (including phenoxy) is 1. The van der Waals surface area contributed by atoms with Crippen molar-refractivity contribution in [3.05, 3.63) is 59.7 Å². The number of carbonyl (C=O) groups is 3. The van der Waals surface area contributed by atoms with Gasteiger partial charge >= 0.3 is 5.97 Å². The minimum atomic E-state index is -0.674. The van der Waals surface area contributed by atoms with Crippen LogP contribution in [0.3, 0.4) is 0 Å². The fourth-order valence-corrected chi connectivity index (χ4v) is 2.43. The summed E-state index contributed by atoms with van der Waals surface area (Å²) in [6.07, 6.45) is 0. The van der Waals surface area contributed by atoms with E-state index in [1.54, 1.807) is 24.3 Å². The van der Waals surface area contributed by atoms with Gasteiger partial charge in [0.05, 0.1) is 28.6 Å². The van der Waals surface area contributed by atoms with E-state index in [1.165, 1.54) is 29.2 Å². The maximum Gasteiger partial charge on any atom is 0.338 e. The molecule has 25 heavy (non-hydrogen) atoms. The summed E-state index contributed by atoms with van der Waals surface area (Å²) in [6, 6.07) is 14.7. The standard InChI is InChI=1S/C18H13N3O4/c19-9-12-5-7-13(8-6-12)18(24)25-11-17(23)21-10-16(22)20-14-3-1-2-4-15(14)21/h1-8H,10-11H2,(H,20,22). The van der Waals surface area contributed by atoms with Crippen molar-refractivity contribution in [3.63, 3.8) is 0 Å². The molecule has 0 unspecified atom stereocenters. The third kappa shape index (κ3) is 3.48. The Morgan fingerprint density at radius 1 is 1.16 bits per heavy atom. The molecule has 3 rings (SSSR count). The highest BCUT2D eigenvalue weighted by Crippen LogP contribution is 2.28. The molecule has 0 aliphatic carbocycles. The fourth-order valence-electron chi connectivity index (χ4n) is 2.43. The van der Waals surface area contributed by atoms with Gasteiger partial charge in [0.25, 0.3) is 5.91 Å². The summed E-state index contributed by atoms with van der Waals surface area (Å²) < 4.78 is 5.02. The van der Waals surface area contributed by atoms with Crippen molar-refractivity contribution in [2.45, 2.75) is 0 Å². The lowest BCUT2D eigenvalue weighted by molar-refractivity contribution is -0.124. The molecule has 0 fully saturated rings. The van der Waals surface area contributed by atoms with E-state index in [1.807, 2.05) is 6.07 Å². The Hall–Kier alpha value is -3.66. The second kappa shape index (κ2) is 6.84. The van der Waals surface area contributed by atoms with E-state index in [4.69, 9.17) is 10.00 Å². The first-order chi connectivity index (χ1) is 12.1. The van der Waals surface area contributed by atoms with Crippen LogP contribution in [0, 0.1) is 11.3 Å². The van der Waals surface area contributed by atoms with E-state index in [2.05, 4.69) is 5.32 Å². The van der Waals surface area contributed by atoms with Crippen molar-refractivity contribution in [1.29, 1.82) is 5.26 Å². The third-order valence-corrected chi connectivity index (χ3v) is 3.65. The van der Waals surface area contributed by atoms with E-state index in [9.17, 15) is 14.4 Å². The fraction of sp³-hybridized carbons (Fsp3) is 0.111. The van der Waals surface area contributed by atoms with E-state index in [-0.39, 0.29) is 18.0 Å². The van der Waals surface area contributed by atoms with Crippen molar-refractivity contribution in [1.82, 2.24) is 0 Å². The topological polar surface area (TPSA) is 99.5 Å². The summed E-state index contributed by atoms with van der Waals surface area (Å²) in [5, 5.41) is 11.4. The number of rotatable bonds is 3. The normalized spacial score (nSPS) is 12.6. The molecular weight excluding hydrogens is 322 g/mol. The molecule has 2 aromatic rings. The van der Waals surface area contributed by atoms with Gasteiger partial charge in [0.15, 0.2) is 6.61 Å².